The molecule has 0 bridgehead atoms. The van der Waals surface area contributed by atoms with Crippen molar-refractivity contribution in [2.45, 2.75) is 0 Å². The molecule has 0 aliphatic heterocycles. The highest BCUT2D eigenvalue weighted by Gasteiger charge is 2.13. The van der Waals surface area contributed by atoms with Crippen LogP contribution in [0.3, 0.4) is 0 Å². The number of fused-ring (bicyclic) bond motifs is 3. The Labute approximate surface area is 152 Å². The lowest BCUT2D eigenvalue weighted by molar-refractivity contribution is 1.18. The zero-order valence-electron chi connectivity index (χ0n) is 14.3. The zero-order valence-corrected chi connectivity index (χ0v) is 14.3. The molecule has 5 rings (SSSR count). The Morgan fingerprint density at radius 1 is 0.538 bits per heavy atom. The number of para-hydroxylation sites is 1. The fraction of sp³-hybridized carbons (Fsp3) is 0. The molecule has 1 aromatic heterocycles. The summed E-state index contributed by atoms with van der Waals surface area (Å²) in [5.41, 5.74) is 12.8. The molecule has 5 aromatic rings. The molecule has 0 amide bonds. The standard InChI is InChI=1S/C24H18N2/c25-19-12-14-23-22(16-19)21-13-11-18(17-7-3-1-4-8-17)15-24(21)26(23)20-9-5-2-6-10-20/h1-16H,25H2. The third-order valence-electron chi connectivity index (χ3n) is 4.91. The minimum Gasteiger partial charge on any atom is -0.399 e. The quantitative estimate of drug-likeness (QED) is 0.392. The summed E-state index contributed by atoms with van der Waals surface area (Å²) in [7, 11) is 0. The molecule has 4 aromatic carbocycles. The molecule has 26 heavy (non-hydrogen) atoms. The molecule has 2 nitrogen and oxygen atoms in total. The third kappa shape index (κ3) is 2.27. The van der Waals surface area contributed by atoms with Crippen LogP contribution in [0.2, 0.25) is 0 Å². The van der Waals surface area contributed by atoms with Crippen molar-refractivity contribution in [1.29, 1.82) is 0 Å². The molecule has 0 saturated heterocycles. The Hall–Kier alpha value is -3.52. The summed E-state index contributed by atoms with van der Waals surface area (Å²) in [6.45, 7) is 0. The van der Waals surface area contributed by atoms with Gasteiger partial charge in [-0.2, -0.15) is 0 Å². The van der Waals surface area contributed by atoms with E-state index in [0.29, 0.717) is 0 Å². The molecule has 0 unspecified atom stereocenters. The van der Waals surface area contributed by atoms with Gasteiger partial charge in [0, 0.05) is 22.1 Å². The van der Waals surface area contributed by atoms with E-state index in [-0.39, 0.29) is 0 Å². The SMILES string of the molecule is Nc1ccc2c(c1)c1ccc(-c3ccccc3)cc1n2-c1ccccc1. The Morgan fingerprint density at radius 3 is 2.04 bits per heavy atom. The molecule has 0 aliphatic carbocycles. The maximum absolute atomic E-state index is 6.07. The summed E-state index contributed by atoms with van der Waals surface area (Å²) in [5, 5.41) is 2.40. The van der Waals surface area contributed by atoms with Crippen molar-refractivity contribution in [2.24, 2.45) is 0 Å². The van der Waals surface area contributed by atoms with Crippen LogP contribution in [0.4, 0.5) is 5.69 Å². The van der Waals surface area contributed by atoms with Gasteiger partial charge in [0.1, 0.15) is 0 Å². The topological polar surface area (TPSA) is 30.9 Å². The van der Waals surface area contributed by atoms with Gasteiger partial charge in [-0.3, -0.25) is 0 Å². The van der Waals surface area contributed by atoms with Gasteiger partial charge in [-0.15, -0.1) is 0 Å². The Morgan fingerprint density at radius 2 is 1.27 bits per heavy atom. The van der Waals surface area contributed by atoms with Crippen LogP contribution in [0.1, 0.15) is 0 Å². The summed E-state index contributed by atoms with van der Waals surface area (Å²) < 4.78 is 2.32. The fourth-order valence-electron chi connectivity index (χ4n) is 3.70. The number of rotatable bonds is 2. The van der Waals surface area contributed by atoms with Gasteiger partial charge < -0.3 is 10.3 Å². The lowest BCUT2D eigenvalue weighted by Gasteiger charge is -2.09. The van der Waals surface area contributed by atoms with Gasteiger partial charge in [0.05, 0.1) is 11.0 Å². The maximum atomic E-state index is 6.07. The molecule has 1 heterocycles. The Balaban J connectivity index is 1.89. The van der Waals surface area contributed by atoms with Gasteiger partial charge in [-0.05, 0) is 47.5 Å². The van der Waals surface area contributed by atoms with Crippen molar-refractivity contribution in [3.63, 3.8) is 0 Å². The predicted molar refractivity (Wildman–Crippen MR) is 111 cm³/mol. The second kappa shape index (κ2) is 5.78. The second-order valence-electron chi connectivity index (χ2n) is 6.55. The summed E-state index contributed by atoms with van der Waals surface area (Å²) >= 11 is 0. The number of anilines is 1. The number of nitrogen functional groups attached to an aromatic ring is 1. The van der Waals surface area contributed by atoms with Crippen molar-refractivity contribution in [3.8, 4) is 16.8 Å². The highest BCUT2D eigenvalue weighted by Crippen LogP contribution is 2.35. The smallest absolute Gasteiger partial charge is 0.0547 e. The molecule has 0 aliphatic rings. The molecular formula is C24H18N2. The summed E-state index contributed by atoms with van der Waals surface area (Å²) in [5.74, 6) is 0. The van der Waals surface area contributed by atoms with E-state index in [4.69, 9.17) is 5.73 Å². The van der Waals surface area contributed by atoms with Crippen LogP contribution in [0.25, 0.3) is 38.6 Å². The number of hydrogen-bond donors (Lipinski definition) is 1. The van der Waals surface area contributed by atoms with Crippen LogP contribution in [-0.4, -0.2) is 4.57 Å². The lowest BCUT2D eigenvalue weighted by Crippen LogP contribution is -1.93. The highest BCUT2D eigenvalue weighted by atomic mass is 15.0. The molecule has 124 valence electrons. The molecule has 0 spiro atoms. The minimum absolute atomic E-state index is 0.789. The first-order valence-electron chi connectivity index (χ1n) is 8.76. The zero-order chi connectivity index (χ0) is 17.5. The number of benzene rings is 4. The largest absolute Gasteiger partial charge is 0.399 e. The fourth-order valence-corrected chi connectivity index (χ4v) is 3.70. The van der Waals surface area contributed by atoms with E-state index in [1.807, 2.05) is 18.2 Å². The summed E-state index contributed by atoms with van der Waals surface area (Å²) in [6, 6.07) is 33.8. The van der Waals surface area contributed by atoms with E-state index in [9.17, 15) is 0 Å². The second-order valence-corrected chi connectivity index (χ2v) is 6.55. The van der Waals surface area contributed by atoms with Crippen LogP contribution in [0, 0.1) is 0 Å². The molecule has 0 fully saturated rings. The number of nitrogens with zero attached hydrogens (tertiary/aromatic N) is 1. The summed E-state index contributed by atoms with van der Waals surface area (Å²) in [4.78, 5) is 0. The van der Waals surface area contributed by atoms with E-state index in [2.05, 4.69) is 83.4 Å². The highest BCUT2D eigenvalue weighted by molar-refractivity contribution is 6.11. The third-order valence-corrected chi connectivity index (χ3v) is 4.91. The van der Waals surface area contributed by atoms with Crippen LogP contribution >= 0.6 is 0 Å². The van der Waals surface area contributed by atoms with Crippen molar-refractivity contribution in [1.82, 2.24) is 4.57 Å². The van der Waals surface area contributed by atoms with Gasteiger partial charge in [-0.1, -0.05) is 60.7 Å². The van der Waals surface area contributed by atoms with Crippen LogP contribution < -0.4 is 5.73 Å². The number of aromatic nitrogens is 1. The molecular weight excluding hydrogens is 316 g/mol. The van der Waals surface area contributed by atoms with Gasteiger partial charge in [0.15, 0.2) is 0 Å². The first kappa shape index (κ1) is 14.8. The molecule has 2 heteroatoms. The lowest BCUT2D eigenvalue weighted by atomic mass is 10.0. The molecule has 0 radical (unpaired) electrons. The van der Waals surface area contributed by atoms with Crippen molar-refractivity contribution < 1.29 is 0 Å². The van der Waals surface area contributed by atoms with Crippen LogP contribution in [0.15, 0.2) is 97.1 Å². The van der Waals surface area contributed by atoms with E-state index >= 15 is 0 Å². The molecule has 0 saturated carbocycles. The maximum Gasteiger partial charge on any atom is 0.0547 e. The van der Waals surface area contributed by atoms with Crippen molar-refractivity contribution >= 4 is 27.5 Å². The Bertz CT molecular complexity index is 1220. The average Bonchev–Trinajstić information content (AvgIpc) is 3.02. The number of nitrogens with two attached hydrogens (primary N) is 1. The Kier molecular flexibility index (Phi) is 3.29. The van der Waals surface area contributed by atoms with E-state index in [1.165, 1.54) is 32.9 Å². The summed E-state index contributed by atoms with van der Waals surface area (Å²) in [6.07, 6.45) is 0. The van der Waals surface area contributed by atoms with Crippen LogP contribution in [0.5, 0.6) is 0 Å². The van der Waals surface area contributed by atoms with Gasteiger partial charge in [0.25, 0.3) is 0 Å². The number of hydrogen-bond acceptors (Lipinski definition) is 1. The molecule has 2 N–H and O–H groups in total. The van der Waals surface area contributed by atoms with Crippen molar-refractivity contribution in [3.05, 3.63) is 97.1 Å². The van der Waals surface area contributed by atoms with Gasteiger partial charge in [0.2, 0.25) is 0 Å². The monoisotopic (exact) mass is 334 g/mol. The van der Waals surface area contributed by atoms with Gasteiger partial charge in [-0.25, -0.2) is 0 Å². The average molecular weight is 334 g/mol. The van der Waals surface area contributed by atoms with E-state index in [1.54, 1.807) is 0 Å². The van der Waals surface area contributed by atoms with Crippen LogP contribution in [-0.2, 0) is 0 Å². The normalized spacial score (nSPS) is 11.2. The first-order valence-corrected chi connectivity index (χ1v) is 8.76. The van der Waals surface area contributed by atoms with E-state index in [0.717, 1.165) is 11.4 Å². The molecule has 0 atom stereocenters. The van der Waals surface area contributed by atoms with E-state index < -0.39 is 0 Å². The van der Waals surface area contributed by atoms with Gasteiger partial charge >= 0.3 is 0 Å². The first-order chi connectivity index (χ1) is 12.8. The van der Waals surface area contributed by atoms with Crippen molar-refractivity contribution in [2.75, 3.05) is 5.73 Å². The minimum atomic E-state index is 0.789. The predicted octanol–water partition coefficient (Wildman–Crippen LogP) is 6.03.